The van der Waals surface area contributed by atoms with Gasteiger partial charge >= 0.3 is 0 Å². The zero-order valence-electron chi connectivity index (χ0n) is 9.84. The van der Waals surface area contributed by atoms with Gasteiger partial charge in [-0.25, -0.2) is 0 Å². The molecule has 1 atom stereocenters. The molecule has 0 aromatic heterocycles. The van der Waals surface area contributed by atoms with Crippen molar-refractivity contribution in [2.24, 2.45) is 0 Å². The Morgan fingerprint density at radius 2 is 2.14 bits per heavy atom. The van der Waals surface area contributed by atoms with Gasteiger partial charge in [-0.3, -0.25) is 4.90 Å². The van der Waals surface area contributed by atoms with E-state index in [4.69, 9.17) is 6.42 Å². The maximum Gasteiger partial charge on any atom is 0.0574 e. The van der Waals surface area contributed by atoms with Gasteiger partial charge in [0.05, 0.1) is 6.54 Å². The first-order valence-corrected chi connectivity index (χ1v) is 5.64. The number of terminal acetylenes is 1. The second-order valence-electron chi connectivity index (χ2n) is 3.67. The van der Waals surface area contributed by atoms with Crippen LogP contribution in [0.5, 0.6) is 0 Å². The molecule has 0 amide bonds. The molecule has 0 spiro atoms. The summed E-state index contributed by atoms with van der Waals surface area (Å²) in [6, 6.07) is 0.583. The van der Waals surface area contributed by atoms with Gasteiger partial charge in [0.15, 0.2) is 0 Å². The molecule has 0 saturated carbocycles. The van der Waals surface area contributed by atoms with Crippen LogP contribution in [0.1, 0.15) is 33.6 Å². The number of unbranched alkanes of at least 4 members (excludes halogenated alkanes) is 1. The molecule has 0 bridgehead atoms. The van der Waals surface area contributed by atoms with E-state index in [-0.39, 0.29) is 0 Å². The lowest BCUT2D eigenvalue weighted by atomic mass is 10.2. The van der Waals surface area contributed by atoms with Gasteiger partial charge in [0, 0.05) is 12.6 Å². The van der Waals surface area contributed by atoms with Gasteiger partial charge in [0.1, 0.15) is 0 Å². The molecule has 0 aromatic rings. The summed E-state index contributed by atoms with van der Waals surface area (Å²) in [6.07, 6.45) is 7.73. The van der Waals surface area contributed by atoms with Crippen molar-refractivity contribution < 1.29 is 0 Å². The number of hydrogen-bond donors (Lipinski definition) is 1. The molecule has 2 heteroatoms. The first kappa shape index (κ1) is 13.5. The van der Waals surface area contributed by atoms with Crippen LogP contribution in [0.25, 0.3) is 0 Å². The van der Waals surface area contributed by atoms with Crippen molar-refractivity contribution in [2.45, 2.75) is 39.7 Å². The Labute approximate surface area is 89.1 Å². The van der Waals surface area contributed by atoms with Crippen LogP contribution >= 0.6 is 0 Å². The SMILES string of the molecule is C#CCNCC(C)N(CC)CCCC. The fourth-order valence-electron chi connectivity index (χ4n) is 1.53. The Morgan fingerprint density at radius 1 is 1.43 bits per heavy atom. The van der Waals surface area contributed by atoms with E-state index in [0.29, 0.717) is 12.6 Å². The minimum atomic E-state index is 0.583. The summed E-state index contributed by atoms with van der Waals surface area (Å²) < 4.78 is 0. The van der Waals surface area contributed by atoms with Gasteiger partial charge in [-0.1, -0.05) is 26.2 Å². The van der Waals surface area contributed by atoms with Gasteiger partial charge < -0.3 is 5.32 Å². The molecule has 1 N–H and O–H groups in total. The Bertz CT molecular complexity index is 160. The van der Waals surface area contributed by atoms with Crippen LogP contribution in [0.2, 0.25) is 0 Å². The molecule has 0 radical (unpaired) electrons. The van der Waals surface area contributed by atoms with E-state index in [1.165, 1.54) is 19.4 Å². The van der Waals surface area contributed by atoms with E-state index in [1.807, 2.05) is 0 Å². The maximum atomic E-state index is 5.18. The molecular formula is C12H24N2. The summed E-state index contributed by atoms with van der Waals surface area (Å²) >= 11 is 0. The van der Waals surface area contributed by atoms with Crippen molar-refractivity contribution in [3.05, 3.63) is 0 Å². The average Bonchev–Trinajstić information content (AvgIpc) is 2.19. The van der Waals surface area contributed by atoms with Crippen LogP contribution < -0.4 is 5.32 Å². The zero-order chi connectivity index (χ0) is 10.8. The molecule has 0 rings (SSSR count). The molecule has 0 aliphatic rings. The average molecular weight is 196 g/mol. The summed E-state index contributed by atoms with van der Waals surface area (Å²) in [5.74, 6) is 2.59. The zero-order valence-corrected chi connectivity index (χ0v) is 9.84. The monoisotopic (exact) mass is 196 g/mol. The molecule has 82 valence electrons. The quantitative estimate of drug-likeness (QED) is 0.470. The highest BCUT2D eigenvalue weighted by atomic mass is 15.2. The molecule has 14 heavy (non-hydrogen) atoms. The predicted molar refractivity (Wildman–Crippen MR) is 63.3 cm³/mol. The first-order chi connectivity index (χ1) is 6.76. The van der Waals surface area contributed by atoms with Crippen molar-refractivity contribution in [1.29, 1.82) is 0 Å². The fraction of sp³-hybridized carbons (Fsp3) is 0.833. The number of nitrogens with zero attached hydrogens (tertiary/aromatic N) is 1. The van der Waals surface area contributed by atoms with Crippen LogP contribution in [0.3, 0.4) is 0 Å². The van der Waals surface area contributed by atoms with Crippen LogP contribution in [-0.4, -0.2) is 37.1 Å². The second-order valence-corrected chi connectivity index (χ2v) is 3.67. The molecule has 0 aliphatic heterocycles. The Morgan fingerprint density at radius 3 is 2.64 bits per heavy atom. The third-order valence-corrected chi connectivity index (χ3v) is 2.50. The van der Waals surface area contributed by atoms with Gasteiger partial charge in [-0.2, -0.15) is 0 Å². The molecule has 1 unspecified atom stereocenters. The van der Waals surface area contributed by atoms with Crippen LogP contribution in [0.4, 0.5) is 0 Å². The highest BCUT2D eigenvalue weighted by molar-refractivity contribution is 4.87. The van der Waals surface area contributed by atoms with Gasteiger partial charge in [0.2, 0.25) is 0 Å². The summed E-state index contributed by atoms with van der Waals surface area (Å²) in [4.78, 5) is 2.49. The normalized spacial score (nSPS) is 12.8. The second kappa shape index (κ2) is 9.05. The molecule has 0 aliphatic carbocycles. The van der Waals surface area contributed by atoms with Crippen molar-refractivity contribution in [1.82, 2.24) is 10.2 Å². The number of rotatable bonds is 8. The van der Waals surface area contributed by atoms with Gasteiger partial charge in [-0.05, 0) is 26.4 Å². The van der Waals surface area contributed by atoms with E-state index in [1.54, 1.807) is 0 Å². The van der Waals surface area contributed by atoms with Crippen molar-refractivity contribution in [2.75, 3.05) is 26.2 Å². The maximum absolute atomic E-state index is 5.18. The Hall–Kier alpha value is -0.520. The highest BCUT2D eigenvalue weighted by Crippen LogP contribution is 2.00. The topological polar surface area (TPSA) is 15.3 Å². The minimum absolute atomic E-state index is 0.583. The van der Waals surface area contributed by atoms with Crippen molar-refractivity contribution >= 4 is 0 Å². The van der Waals surface area contributed by atoms with Crippen LogP contribution in [-0.2, 0) is 0 Å². The number of nitrogens with one attached hydrogen (secondary N) is 1. The lowest BCUT2D eigenvalue weighted by Crippen LogP contribution is -2.40. The standard InChI is InChI=1S/C12H24N2/c1-5-8-10-14(7-3)12(4)11-13-9-6-2/h2,12-13H,5,7-11H2,1,3-4H3. The number of likely N-dealkylation sites (N-methyl/N-ethyl adjacent to an activating group) is 1. The largest absolute Gasteiger partial charge is 0.305 e. The summed E-state index contributed by atoms with van der Waals surface area (Å²) in [5, 5.41) is 3.25. The molecule has 2 nitrogen and oxygen atoms in total. The van der Waals surface area contributed by atoms with Crippen LogP contribution in [0, 0.1) is 12.3 Å². The molecular weight excluding hydrogens is 172 g/mol. The molecule has 0 saturated heterocycles. The third kappa shape index (κ3) is 6.01. The van der Waals surface area contributed by atoms with E-state index in [9.17, 15) is 0 Å². The summed E-state index contributed by atoms with van der Waals surface area (Å²) in [7, 11) is 0. The highest BCUT2D eigenvalue weighted by Gasteiger charge is 2.09. The van der Waals surface area contributed by atoms with Crippen molar-refractivity contribution in [3.8, 4) is 12.3 Å². The molecule has 0 fully saturated rings. The Kier molecular flexibility index (Phi) is 8.72. The van der Waals surface area contributed by atoms with E-state index >= 15 is 0 Å². The minimum Gasteiger partial charge on any atom is -0.305 e. The predicted octanol–water partition coefficient (Wildman–Crippen LogP) is 1.72. The lowest BCUT2D eigenvalue weighted by molar-refractivity contribution is 0.213. The van der Waals surface area contributed by atoms with Gasteiger partial charge in [-0.15, -0.1) is 6.42 Å². The number of hydrogen-bond acceptors (Lipinski definition) is 2. The summed E-state index contributed by atoms with van der Waals surface area (Å²) in [5.41, 5.74) is 0. The molecule has 0 heterocycles. The van der Waals surface area contributed by atoms with E-state index < -0.39 is 0 Å². The van der Waals surface area contributed by atoms with E-state index in [0.717, 1.165) is 13.1 Å². The summed E-state index contributed by atoms with van der Waals surface area (Å²) in [6.45, 7) is 10.7. The Balaban J connectivity index is 3.68. The lowest BCUT2D eigenvalue weighted by Gasteiger charge is -2.27. The fourth-order valence-corrected chi connectivity index (χ4v) is 1.53. The molecule has 0 aromatic carbocycles. The van der Waals surface area contributed by atoms with Crippen molar-refractivity contribution in [3.63, 3.8) is 0 Å². The van der Waals surface area contributed by atoms with E-state index in [2.05, 4.69) is 36.9 Å². The smallest absolute Gasteiger partial charge is 0.0574 e. The van der Waals surface area contributed by atoms with Crippen LogP contribution in [0.15, 0.2) is 0 Å². The van der Waals surface area contributed by atoms with Gasteiger partial charge in [0.25, 0.3) is 0 Å². The third-order valence-electron chi connectivity index (χ3n) is 2.50. The first-order valence-electron chi connectivity index (χ1n) is 5.64.